The minimum absolute atomic E-state index is 0.0693. The van der Waals surface area contributed by atoms with Crippen LogP contribution in [0.1, 0.15) is 19.0 Å². The van der Waals surface area contributed by atoms with Gasteiger partial charge in [-0.15, -0.1) is 0 Å². The maximum absolute atomic E-state index is 8.92. The van der Waals surface area contributed by atoms with Crippen molar-refractivity contribution in [2.75, 3.05) is 6.61 Å². The smallest absolute Gasteiger partial charge is 0.0882 e. The predicted molar refractivity (Wildman–Crippen MR) is 59.3 cm³/mol. The molecule has 4 N–H and O–H groups in total. The second-order valence-electron chi connectivity index (χ2n) is 4.00. The first-order valence-corrected chi connectivity index (χ1v) is 4.98. The van der Waals surface area contributed by atoms with Crippen LogP contribution in [-0.2, 0) is 5.54 Å². The van der Waals surface area contributed by atoms with E-state index in [1.165, 1.54) is 0 Å². The molecule has 4 heteroatoms. The van der Waals surface area contributed by atoms with E-state index < -0.39 is 5.54 Å². The highest BCUT2D eigenvalue weighted by atomic mass is 16.3. The average Bonchev–Trinajstić information content (AvgIpc) is 2.63. The number of rotatable bonds is 3. The number of nitrogens with two attached hydrogens (primary N) is 1. The maximum Gasteiger partial charge on any atom is 0.0882 e. The highest BCUT2D eigenvalue weighted by molar-refractivity contribution is 5.74. The third-order valence-corrected chi connectivity index (χ3v) is 2.62. The first-order valence-electron chi connectivity index (χ1n) is 4.98. The van der Waals surface area contributed by atoms with Crippen molar-refractivity contribution in [3.8, 4) is 0 Å². The topological polar surface area (TPSA) is 74.9 Å². The van der Waals surface area contributed by atoms with Crippen molar-refractivity contribution in [3.05, 3.63) is 30.1 Å². The Labute approximate surface area is 88.1 Å². The Morgan fingerprint density at radius 2 is 2.27 bits per heavy atom. The molecular formula is C11H15N3O. The lowest BCUT2D eigenvalue weighted by atomic mass is 9.95. The molecule has 0 aliphatic carbocycles. The standard InChI is InChI=1S/C11H15N3O/c1-11(12,5-7-15)10-3-2-8-9(14-10)4-6-13-8/h2-4,6,13,15H,5,7,12H2,1H3/t11-/m1/s1. The van der Waals surface area contributed by atoms with E-state index in [0.717, 1.165) is 16.7 Å². The summed E-state index contributed by atoms with van der Waals surface area (Å²) in [7, 11) is 0. The van der Waals surface area contributed by atoms with Crippen LogP contribution < -0.4 is 5.73 Å². The van der Waals surface area contributed by atoms with Gasteiger partial charge in [-0.2, -0.15) is 0 Å². The van der Waals surface area contributed by atoms with Crippen LogP contribution >= 0.6 is 0 Å². The minimum atomic E-state index is -0.569. The van der Waals surface area contributed by atoms with Crippen molar-refractivity contribution < 1.29 is 5.11 Å². The molecule has 0 unspecified atom stereocenters. The molecular weight excluding hydrogens is 190 g/mol. The average molecular weight is 205 g/mol. The Morgan fingerprint density at radius 3 is 3.00 bits per heavy atom. The van der Waals surface area contributed by atoms with Gasteiger partial charge in [0.25, 0.3) is 0 Å². The van der Waals surface area contributed by atoms with E-state index in [0.29, 0.717) is 6.42 Å². The first-order chi connectivity index (χ1) is 7.13. The van der Waals surface area contributed by atoms with Crippen LogP contribution in [0.5, 0.6) is 0 Å². The molecule has 2 aromatic heterocycles. The monoisotopic (exact) mass is 205 g/mol. The van der Waals surface area contributed by atoms with Crippen LogP contribution in [0.25, 0.3) is 11.0 Å². The van der Waals surface area contributed by atoms with Crippen molar-refractivity contribution in [1.29, 1.82) is 0 Å². The number of nitrogens with one attached hydrogen (secondary N) is 1. The third kappa shape index (κ3) is 1.86. The number of aliphatic hydroxyl groups is 1. The number of hydrogen-bond acceptors (Lipinski definition) is 3. The molecule has 2 rings (SSSR count). The van der Waals surface area contributed by atoms with Gasteiger partial charge in [-0.25, -0.2) is 4.98 Å². The van der Waals surface area contributed by atoms with Gasteiger partial charge in [-0.05, 0) is 31.5 Å². The van der Waals surface area contributed by atoms with Gasteiger partial charge in [-0.3, -0.25) is 0 Å². The second-order valence-corrected chi connectivity index (χ2v) is 4.00. The summed E-state index contributed by atoms with van der Waals surface area (Å²) in [6.07, 6.45) is 2.36. The Morgan fingerprint density at radius 1 is 1.47 bits per heavy atom. The number of aliphatic hydroxyl groups excluding tert-OH is 1. The fourth-order valence-corrected chi connectivity index (χ4v) is 1.61. The molecule has 0 amide bonds. The maximum atomic E-state index is 8.92. The number of aromatic amines is 1. The first kappa shape index (κ1) is 10.1. The highest BCUT2D eigenvalue weighted by Gasteiger charge is 2.22. The Kier molecular flexibility index (Phi) is 2.46. The molecule has 80 valence electrons. The molecule has 0 radical (unpaired) electrons. The van der Waals surface area contributed by atoms with Gasteiger partial charge in [0.2, 0.25) is 0 Å². The summed E-state index contributed by atoms with van der Waals surface area (Å²) >= 11 is 0. The van der Waals surface area contributed by atoms with Crippen LogP contribution in [-0.4, -0.2) is 21.7 Å². The number of H-pyrrole nitrogens is 1. The number of hydrogen-bond donors (Lipinski definition) is 3. The van der Waals surface area contributed by atoms with Crippen LogP contribution in [0.4, 0.5) is 0 Å². The van der Waals surface area contributed by atoms with E-state index in [1.807, 2.05) is 31.3 Å². The zero-order valence-electron chi connectivity index (χ0n) is 8.70. The molecule has 0 aliphatic heterocycles. The van der Waals surface area contributed by atoms with E-state index in [-0.39, 0.29) is 6.61 Å². The lowest BCUT2D eigenvalue weighted by Crippen LogP contribution is -2.34. The molecule has 0 saturated heterocycles. The van der Waals surface area contributed by atoms with Crippen molar-refractivity contribution in [1.82, 2.24) is 9.97 Å². The summed E-state index contributed by atoms with van der Waals surface area (Å²) in [6, 6.07) is 5.77. The number of nitrogens with zero attached hydrogens (tertiary/aromatic N) is 1. The summed E-state index contributed by atoms with van der Waals surface area (Å²) in [4.78, 5) is 7.54. The van der Waals surface area contributed by atoms with Crippen LogP contribution in [0.15, 0.2) is 24.4 Å². The molecule has 2 aromatic rings. The van der Waals surface area contributed by atoms with Gasteiger partial charge in [0.05, 0.1) is 22.3 Å². The van der Waals surface area contributed by atoms with Crippen molar-refractivity contribution in [2.45, 2.75) is 18.9 Å². The zero-order chi connectivity index (χ0) is 10.9. The van der Waals surface area contributed by atoms with E-state index in [1.54, 1.807) is 0 Å². The van der Waals surface area contributed by atoms with E-state index in [4.69, 9.17) is 10.8 Å². The Balaban J connectivity index is 2.42. The summed E-state index contributed by atoms with van der Waals surface area (Å²) in [6.45, 7) is 1.95. The Bertz CT molecular complexity index is 462. The van der Waals surface area contributed by atoms with Gasteiger partial charge in [0.15, 0.2) is 0 Å². The third-order valence-electron chi connectivity index (χ3n) is 2.62. The van der Waals surface area contributed by atoms with Gasteiger partial charge < -0.3 is 15.8 Å². The van der Waals surface area contributed by atoms with Gasteiger partial charge in [0.1, 0.15) is 0 Å². The molecule has 0 spiro atoms. The SMILES string of the molecule is C[C@@](N)(CCO)c1ccc2[nH]ccc2n1. The number of pyridine rings is 1. The number of aromatic nitrogens is 2. The zero-order valence-corrected chi connectivity index (χ0v) is 8.70. The summed E-state index contributed by atoms with van der Waals surface area (Å²) < 4.78 is 0. The molecule has 15 heavy (non-hydrogen) atoms. The van der Waals surface area contributed by atoms with E-state index in [9.17, 15) is 0 Å². The second kappa shape index (κ2) is 3.64. The molecule has 0 aliphatic rings. The fraction of sp³-hybridized carbons (Fsp3) is 0.364. The van der Waals surface area contributed by atoms with Crippen LogP contribution in [0.2, 0.25) is 0 Å². The van der Waals surface area contributed by atoms with E-state index >= 15 is 0 Å². The fourth-order valence-electron chi connectivity index (χ4n) is 1.61. The van der Waals surface area contributed by atoms with Crippen LogP contribution in [0.3, 0.4) is 0 Å². The van der Waals surface area contributed by atoms with Crippen LogP contribution in [0, 0.1) is 0 Å². The molecule has 1 atom stereocenters. The molecule has 0 aromatic carbocycles. The molecule has 2 heterocycles. The summed E-state index contributed by atoms with van der Waals surface area (Å²) in [5.41, 5.74) is 8.22. The molecule has 0 saturated carbocycles. The van der Waals surface area contributed by atoms with Gasteiger partial charge >= 0.3 is 0 Å². The Hall–Kier alpha value is -1.39. The molecule has 0 fully saturated rings. The number of fused-ring (bicyclic) bond motifs is 1. The van der Waals surface area contributed by atoms with Crippen molar-refractivity contribution in [3.63, 3.8) is 0 Å². The normalized spacial score (nSPS) is 15.4. The molecule has 0 bridgehead atoms. The van der Waals surface area contributed by atoms with Gasteiger partial charge in [-0.1, -0.05) is 0 Å². The quantitative estimate of drug-likeness (QED) is 0.702. The largest absolute Gasteiger partial charge is 0.396 e. The van der Waals surface area contributed by atoms with E-state index in [2.05, 4.69) is 9.97 Å². The van der Waals surface area contributed by atoms with Gasteiger partial charge in [0, 0.05) is 12.8 Å². The summed E-state index contributed by atoms with van der Waals surface area (Å²) in [5, 5.41) is 8.92. The summed E-state index contributed by atoms with van der Waals surface area (Å²) in [5.74, 6) is 0. The predicted octanol–water partition coefficient (Wildman–Crippen LogP) is 1.12. The van der Waals surface area contributed by atoms with Crippen molar-refractivity contribution >= 4 is 11.0 Å². The van der Waals surface area contributed by atoms with Crippen molar-refractivity contribution in [2.24, 2.45) is 5.73 Å². The highest BCUT2D eigenvalue weighted by Crippen LogP contribution is 2.21. The lowest BCUT2D eigenvalue weighted by molar-refractivity contribution is 0.245. The minimum Gasteiger partial charge on any atom is -0.396 e. The molecule has 4 nitrogen and oxygen atoms in total. The lowest BCUT2D eigenvalue weighted by Gasteiger charge is -2.22.